The molecular formula is C10H12BrNO. The first kappa shape index (κ1) is 10.4. The molecule has 13 heavy (non-hydrogen) atoms. The molecule has 0 aromatic heterocycles. The number of nitrogens with two attached hydrogens (primary N) is 1. The lowest BCUT2D eigenvalue weighted by molar-refractivity contribution is 0.0913. The minimum absolute atomic E-state index is 0.0556. The highest BCUT2D eigenvalue weighted by molar-refractivity contribution is 9.10. The Morgan fingerprint density at radius 3 is 2.38 bits per heavy atom. The van der Waals surface area contributed by atoms with Gasteiger partial charge in [0.05, 0.1) is 5.54 Å². The van der Waals surface area contributed by atoms with E-state index in [2.05, 4.69) is 15.9 Å². The van der Waals surface area contributed by atoms with E-state index in [4.69, 9.17) is 5.73 Å². The second kappa shape index (κ2) is 3.60. The molecule has 0 unspecified atom stereocenters. The van der Waals surface area contributed by atoms with Crippen LogP contribution < -0.4 is 5.73 Å². The fraction of sp³-hybridized carbons (Fsp3) is 0.300. The van der Waals surface area contributed by atoms with Gasteiger partial charge in [0.15, 0.2) is 5.78 Å². The van der Waals surface area contributed by atoms with E-state index in [0.717, 1.165) is 4.47 Å². The standard InChI is InChI=1S/C10H12BrNO/c1-10(2,12)9(13)7-5-3-4-6-8(7)11/h3-6H,12H2,1-2H3. The van der Waals surface area contributed by atoms with Crippen LogP contribution in [0.2, 0.25) is 0 Å². The Balaban J connectivity index is 3.10. The van der Waals surface area contributed by atoms with Gasteiger partial charge < -0.3 is 5.73 Å². The molecule has 1 rings (SSSR count). The first-order chi connectivity index (χ1) is 5.93. The van der Waals surface area contributed by atoms with E-state index in [1.165, 1.54) is 0 Å². The molecule has 0 atom stereocenters. The Morgan fingerprint density at radius 2 is 1.92 bits per heavy atom. The molecule has 0 saturated carbocycles. The lowest BCUT2D eigenvalue weighted by atomic mass is 9.95. The van der Waals surface area contributed by atoms with Gasteiger partial charge in [0.1, 0.15) is 0 Å². The third-order valence-electron chi connectivity index (χ3n) is 1.70. The average Bonchev–Trinajstić information content (AvgIpc) is 2.02. The van der Waals surface area contributed by atoms with Crippen molar-refractivity contribution in [1.29, 1.82) is 0 Å². The number of ketones is 1. The summed E-state index contributed by atoms with van der Waals surface area (Å²) < 4.78 is 0.790. The summed E-state index contributed by atoms with van der Waals surface area (Å²) in [5.41, 5.74) is 5.53. The van der Waals surface area contributed by atoms with Crippen LogP contribution in [-0.2, 0) is 0 Å². The van der Waals surface area contributed by atoms with Gasteiger partial charge >= 0.3 is 0 Å². The van der Waals surface area contributed by atoms with Crippen molar-refractivity contribution in [3.63, 3.8) is 0 Å². The van der Waals surface area contributed by atoms with E-state index >= 15 is 0 Å². The molecular weight excluding hydrogens is 230 g/mol. The van der Waals surface area contributed by atoms with Gasteiger partial charge in [-0.3, -0.25) is 4.79 Å². The van der Waals surface area contributed by atoms with Gasteiger partial charge in [-0.15, -0.1) is 0 Å². The smallest absolute Gasteiger partial charge is 0.183 e. The molecule has 0 amide bonds. The molecule has 70 valence electrons. The van der Waals surface area contributed by atoms with Gasteiger partial charge in [0.2, 0.25) is 0 Å². The van der Waals surface area contributed by atoms with Crippen LogP contribution in [0.5, 0.6) is 0 Å². The molecule has 0 saturated heterocycles. The van der Waals surface area contributed by atoms with Crippen molar-refractivity contribution < 1.29 is 4.79 Å². The highest BCUT2D eigenvalue weighted by atomic mass is 79.9. The molecule has 0 aliphatic heterocycles. The van der Waals surface area contributed by atoms with E-state index in [0.29, 0.717) is 5.56 Å². The Hall–Kier alpha value is -0.670. The maximum atomic E-state index is 11.7. The van der Waals surface area contributed by atoms with Gasteiger partial charge in [-0.2, -0.15) is 0 Å². The number of carbonyl (C=O) groups excluding carboxylic acids is 1. The summed E-state index contributed by atoms with van der Waals surface area (Å²) in [6.07, 6.45) is 0. The summed E-state index contributed by atoms with van der Waals surface area (Å²) >= 11 is 3.31. The number of carbonyl (C=O) groups is 1. The SMILES string of the molecule is CC(C)(N)C(=O)c1ccccc1Br. The largest absolute Gasteiger partial charge is 0.319 e. The fourth-order valence-corrected chi connectivity index (χ4v) is 1.46. The zero-order valence-electron chi connectivity index (χ0n) is 7.67. The van der Waals surface area contributed by atoms with Crippen LogP contribution in [0.3, 0.4) is 0 Å². The highest BCUT2D eigenvalue weighted by Gasteiger charge is 2.24. The Kier molecular flexibility index (Phi) is 2.88. The molecule has 1 aromatic rings. The van der Waals surface area contributed by atoms with Crippen LogP contribution in [0.25, 0.3) is 0 Å². The van der Waals surface area contributed by atoms with Crippen LogP contribution in [0.1, 0.15) is 24.2 Å². The van der Waals surface area contributed by atoms with Gasteiger partial charge in [0, 0.05) is 10.0 Å². The van der Waals surface area contributed by atoms with E-state index in [9.17, 15) is 4.79 Å². The zero-order valence-corrected chi connectivity index (χ0v) is 9.26. The number of Topliss-reactive ketones (excluding diaryl/α,β-unsaturated/α-hetero) is 1. The molecule has 0 spiro atoms. The molecule has 2 nitrogen and oxygen atoms in total. The normalized spacial score (nSPS) is 11.4. The number of halogens is 1. The Morgan fingerprint density at radius 1 is 1.38 bits per heavy atom. The van der Waals surface area contributed by atoms with Crippen molar-refractivity contribution in [3.05, 3.63) is 34.3 Å². The molecule has 0 bridgehead atoms. The van der Waals surface area contributed by atoms with E-state index in [1.54, 1.807) is 19.9 Å². The number of hydrogen-bond acceptors (Lipinski definition) is 2. The summed E-state index contributed by atoms with van der Waals surface area (Å²) in [5.74, 6) is -0.0556. The second-order valence-corrected chi connectivity index (χ2v) is 4.38. The predicted octanol–water partition coefficient (Wildman–Crippen LogP) is 2.37. The van der Waals surface area contributed by atoms with E-state index in [-0.39, 0.29) is 5.78 Å². The molecule has 0 radical (unpaired) electrons. The monoisotopic (exact) mass is 241 g/mol. The van der Waals surface area contributed by atoms with Crippen molar-refractivity contribution in [2.45, 2.75) is 19.4 Å². The summed E-state index contributed by atoms with van der Waals surface area (Å²) in [7, 11) is 0. The van der Waals surface area contributed by atoms with Gasteiger partial charge in [-0.1, -0.05) is 34.1 Å². The van der Waals surface area contributed by atoms with Crippen molar-refractivity contribution >= 4 is 21.7 Å². The quantitative estimate of drug-likeness (QED) is 0.809. The maximum absolute atomic E-state index is 11.7. The van der Waals surface area contributed by atoms with Crippen LogP contribution in [0.15, 0.2) is 28.7 Å². The third kappa shape index (κ3) is 2.39. The van der Waals surface area contributed by atoms with Crippen LogP contribution >= 0.6 is 15.9 Å². The highest BCUT2D eigenvalue weighted by Crippen LogP contribution is 2.19. The predicted molar refractivity (Wildman–Crippen MR) is 56.7 cm³/mol. The van der Waals surface area contributed by atoms with Crippen molar-refractivity contribution in [3.8, 4) is 0 Å². The van der Waals surface area contributed by atoms with Gasteiger partial charge in [-0.05, 0) is 19.9 Å². The molecule has 0 heterocycles. The minimum atomic E-state index is -0.816. The zero-order chi connectivity index (χ0) is 10.1. The first-order valence-corrected chi connectivity index (χ1v) is 4.80. The molecule has 0 aliphatic carbocycles. The van der Waals surface area contributed by atoms with E-state index in [1.807, 2.05) is 18.2 Å². The minimum Gasteiger partial charge on any atom is -0.319 e. The molecule has 1 aromatic carbocycles. The second-order valence-electron chi connectivity index (χ2n) is 3.53. The molecule has 3 heteroatoms. The van der Waals surface area contributed by atoms with Gasteiger partial charge in [0.25, 0.3) is 0 Å². The molecule has 0 fully saturated rings. The molecule has 2 N–H and O–H groups in total. The van der Waals surface area contributed by atoms with Crippen LogP contribution in [-0.4, -0.2) is 11.3 Å². The Bertz CT molecular complexity index is 328. The average molecular weight is 242 g/mol. The topological polar surface area (TPSA) is 43.1 Å². The summed E-state index contributed by atoms with van der Waals surface area (Å²) in [6, 6.07) is 7.29. The number of rotatable bonds is 2. The number of hydrogen-bond donors (Lipinski definition) is 1. The first-order valence-electron chi connectivity index (χ1n) is 4.01. The van der Waals surface area contributed by atoms with Crippen molar-refractivity contribution in [1.82, 2.24) is 0 Å². The fourth-order valence-electron chi connectivity index (χ4n) is 0.992. The van der Waals surface area contributed by atoms with Crippen LogP contribution in [0, 0.1) is 0 Å². The number of benzene rings is 1. The summed E-state index contributed by atoms with van der Waals surface area (Å²) in [4.78, 5) is 11.7. The van der Waals surface area contributed by atoms with Crippen molar-refractivity contribution in [2.24, 2.45) is 5.73 Å². The van der Waals surface area contributed by atoms with Crippen LogP contribution in [0.4, 0.5) is 0 Å². The van der Waals surface area contributed by atoms with E-state index < -0.39 is 5.54 Å². The third-order valence-corrected chi connectivity index (χ3v) is 2.40. The lowest BCUT2D eigenvalue weighted by Gasteiger charge is -2.17. The van der Waals surface area contributed by atoms with Gasteiger partial charge in [-0.25, -0.2) is 0 Å². The van der Waals surface area contributed by atoms with Crippen molar-refractivity contribution in [2.75, 3.05) is 0 Å². The summed E-state index contributed by atoms with van der Waals surface area (Å²) in [5, 5.41) is 0. The summed E-state index contributed by atoms with van der Waals surface area (Å²) in [6.45, 7) is 3.41. The molecule has 0 aliphatic rings. The maximum Gasteiger partial charge on any atom is 0.183 e. The lowest BCUT2D eigenvalue weighted by Crippen LogP contribution is -2.41. The Labute approximate surface area is 86.3 Å².